The SMILES string of the molecule is CCOC(=O)/C=C/Oc1ccccc1CBr. The van der Waals surface area contributed by atoms with Gasteiger partial charge in [0.05, 0.1) is 18.9 Å². The average molecular weight is 285 g/mol. The van der Waals surface area contributed by atoms with Crippen LogP contribution >= 0.6 is 15.9 Å². The van der Waals surface area contributed by atoms with Crippen LogP contribution in [0.3, 0.4) is 0 Å². The van der Waals surface area contributed by atoms with Crippen molar-refractivity contribution in [2.24, 2.45) is 0 Å². The molecular formula is C12H13BrO3. The lowest BCUT2D eigenvalue weighted by Crippen LogP contribution is -1.99. The summed E-state index contributed by atoms with van der Waals surface area (Å²) in [5.41, 5.74) is 1.02. The summed E-state index contributed by atoms with van der Waals surface area (Å²) in [5.74, 6) is 0.318. The van der Waals surface area contributed by atoms with Crippen LogP contribution in [0.2, 0.25) is 0 Å². The van der Waals surface area contributed by atoms with Crippen LogP contribution in [0.25, 0.3) is 0 Å². The fraction of sp³-hybridized carbons (Fsp3) is 0.250. The van der Waals surface area contributed by atoms with Crippen molar-refractivity contribution in [2.75, 3.05) is 6.61 Å². The molecule has 0 radical (unpaired) electrons. The van der Waals surface area contributed by atoms with Crippen LogP contribution in [0.1, 0.15) is 12.5 Å². The number of para-hydroxylation sites is 1. The summed E-state index contributed by atoms with van der Waals surface area (Å²) >= 11 is 3.36. The number of hydrogen-bond acceptors (Lipinski definition) is 3. The minimum Gasteiger partial charge on any atom is -0.464 e. The van der Waals surface area contributed by atoms with Gasteiger partial charge in [0.25, 0.3) is 0 Å². The van der Waals surface area contributed by atoms with Crippen molar-refractivity contribution in [1.82, 2.24) is 0 Å². The molecule has 0 saturated heterocycles. The van der Waals surface area contributed by atoms with Gasteiger partial charge in [0.1, 0.15) is 5.75 Å². The molecule has 1 aromatic carbocycles. The Balaban J connectivity index is 2.57. The molecule has 0 N–H and O–H groups in total. The summed E-state index contributed by atoms with van der Waals surface area (Å²) < 4.78 is 10.1. The molecule has 0 fully saturated rings. The molecule has 16 heavy (non-hydrogen) atoms. The number of benzene rings is 1. The number of ether oxygens (including phenoxy) is 2. The van der Waals surface area contributed by atoms with Gasteiger partial charge in [-0.15, -0.1) is 0 Å². The number of carbonyl (C=O) groups is 1. The predicted molar refractivity (Wildman–Crippen MR) is 65.5 cm³/mol. The zero-order valence-corrected chi connectivity index (χ0v) is 10.6. The second kappa shape index (κ2) is 7.06. The van der Waals surface area contributed by atoms with Gasteiger partial charge >= 0.3 is 5.97 Å². The van der Waals surface area contributed by atoms with E-state index in [1.807, 2.05) is 24.3 Å². The highest BCUT2D eigenvalue weighted by Crippen LogP contribution is 2.20. The van der Waals surface area contributed by atoms with Crippen LogP contribution < -0.4 is 4.74 Å². The summed E-state index contributed by atoms with van der Waals surface area (Å²) in [6, 6.07) is 7.59. The Bertz CT molecular complexity index is 374. The standard InChI is InChI=1S/C12H13BrO3/c1-2-15-12(14)7-8-16-11-6-4-3-5-10(11)9-13/h3-8H,2,9H2,1H3/b8-7+. The first-order valence-corrected chi connectivity index (χ1v) is 6.04. The Morgan fingerprint density at radius 3 is 2.88 bits per heavy atom. The number of rotatable bonds is 5. The normalized spacial score (nSPS) is 10.4. The molecule has 0 aromatic heterocycles. The highest BCUT2D eigenvalue weighted by atomic mass is 79.9. The summed E-state index contributed by atoms with van der Waals surface area (Å²) in [6.07, 6.45) is 2.59. The second-order valence-corrected chi connectivity index (χ2v) is 3.47. The number of alkyl halides is 1. The number of halogens is 1. The number of hydrogen-bond donors (Lipinski definition) is 0. The van der Waals surface area contributed by atoms with Crippen molar-refractivity contribution in [3.05, 3.63) is 42.2 Å². The predicted octanol–water partition coefficient (Wildman–Crippen LogP) is 3.04. The molecule has 3 nitrogen and oxygen atoms in total. The molecule has 1 rings (SSSR count). The Kier molecular flexibility index (Phi) is 5.64. The fourth-order valence-electron chi connectivity index (χ4n) is 1.08. The van der Waals surface area contributed by atoms with E-state index in [9.17, 15) is 4.79 Å². The van der Waals surface area contributed by atoms with Gasteiger partial charge in [-0.05, 0) is 13.0 Å². The largest absolute Gasteiger partial charge is 0.464 e. The Hall–Kier alpha value is -1.29. The summed E-state index contributed by atoms with van der Waals surface area (Å²) in [6.45, 7) is 2.12. The molecule has 86 valence electrons. The molecule has 0 heterocycles. The van der Waals surface area contributed by atoms with Gasteiger partial charge in [-0.1, -0.05) is 34.1 Å². The lowest BCUT2D eigenvalue weighted by molar-refractivity contribution is -0.137. The topological polar surface area (TPSA) is 35.5 Å². The highest BCUT2D eigenvalue weighted by Gasteiger charge is 1.99. The first-order valence-electron chi connectivity index (χ1n) is 4.91. The molecule has 0 aliphatic carbocycles. The maximum absolute atomic E-state index is 11.0. The van der Waals surface area contributed by atoms with Crippen LogP contribution in [0, 0.1) is 0 Å². The lowest BCUT2D eigenvalue weighted by atomic mass is 10.2. The van der Waals surface area contributed by atoms with Crippen molar-refractivity contribution >= 4 is 21.9 Å². The van der Waals surface area contributed by atoms with Crippen molar-refractivity contribution in [1.29, 1.82) is 0 Å². The van der Waals surface area contributed by atoms with Gasteiger partial charge in [0.2, 0.25) is 0 Å². The van der Waals surface area contributed by atoms with Crippen LogP contribution in [0.4, 0.5) is 0 Å². The third-order valence-electron chi connectivity index (χ3n) is 1.80. The molecule has 0 unspecified atom stereocenters. The average Bonchev–Trinajstić information content (AvgIpc) is 2.30. The smallest absolute Gasteiger partial charge is 0.333 e. The molecule has 0 spiro atoms. The third kappa shape index (κ3) is 4.06. The van der Waals surface area contributed by atoms with Gasteiger partial charge < -0.3 is 9.47 Å². The zero-order valence-electron chi connectivity index (χ0n) is 8.98. The maximum Gasteiger partial charge on any atom is 0.333 e. The molecule has 0 aliphatic heterocycles. The molecule has 4 heteroatoms. The van der Waals surface area contributed by atoms with Crippen LogP contribution in [-0.4, -0.2) is 12.6 Å². The van der Waals surface area contributed by atoms with Crippen molar-refractivity contribution in [2.45, 2.75) is 12.3 Å². The number of carbonyl (C=O) groups excluding carboxylic acids is 1. The van der Waals surface area contributed by atoms with E-state index in [-0.39, 0.29) is 0 Å². The van der Waals surface area contributed by atoms with Gasteiger partial charge in [-0.2, -0.15) is 0 Å². The Morgan fingerprint density at radius 2 is 2.19 bits per heavy atom. The fourth-order valence-corrected chi connectivity index (χ4v) is 1.55. The van der Waals surface area contributed by atoms with Crippen LogP contribution in [0.15, 0.2) is 36.6 Å². The van der Waals surface area contributed by atoms with Crippen LogP contribution in [-0.2, 0) is 14.9 Å². The van der Waals surface area contributed by atoms with Crippen molar-refractivity contribution in [3.63, 3.8) is 0 Å². The van der Waals surface area contributed by atoms with E-state index in [4.69, 9.17) is 9.47 Å². The lowest BCUT2D eigenvalue weighted by Gasteiger charge is -2.04. The second-order valence-electron chi connectivity index (χ2n) is 2.91. The molecule has 0 bridgehead atoms. The monoisotopic (exact) mass is 284 g/mol. The van der Waals surface area contributed by atoms with E-state index in [1.165, 1.54) is 12.3 Å². The maximum atomic E-state index is 11.0. The van der Waals surface area contributed by atoms with E-state index < -0.39 is 5.97 Å². The molecular weight excluding hydrogens is 272 g/mol. The minimum atomic E-state index is -0.404. The molecule has 0 saturated carbocycles. The van der Waals surface area contributed by atoms with Crippen molar-refractivity contribution in [3.8, 4) is 5.75 Å². The van der Waals surface area contributed by atoms with Crippen molar-refractivity contribution < 1.29 is 14.3 Å². The molecule has 0 aliphatic rings. The number of esters is 1. The molecule has 0 atom stereocenters. The first kappa shape index (κ1) is 12.8. The first-order chi connectivity index (χ1) is 7.77. The van der Waals surface area contributed by atoms with Gasteiger partial charge in [0, 0.05) is 10.9 Å². The van der Waals surface area contributed by atoms with E-state index in [1.54, 1.807) is 6.92 Å². The Morgan fingerprint density at radius 1 is 1.44 bits per heavy atom. The summed E-state index contributed by atoms with van der Waals surface area (Å²) in [5, 5.41) is 0.705. The summed E-state index contributed by atoms with van der Waals surface area (Å²) in [4.78, 5) is 11.0. The van der Waals surface area contributed by atoms with E-state index >= 15 is 0 Å². The van der Waals surface area contributed by atoms with Crippen LogP contribution in [0.5, 0.6) is 5.75 Å². The van der Waals surface area contributed by atoms with E-state index in [0.29, 0.717) is 11.9 Å². The zero-order chi connectivity index (χ0) is 11.8. The minimum absolute atomic E-state index is 0.362. The van der Waals surface area contributed by atoms with E-state index in [0.717, 1.165) is 11.3 Å². The Labute approximate surface area is 103 Å². The van der Waals surface area contributed by atoms with Gasteiger partial charge in [-0.3, -0.25) is 0 Å². The third-order valence-corrected chi connectivity index (χ3v) is 2.41. The van der Waals surface area contributed by atoms with E-state index in [2.05, 4.69) is 15.9 Å². The van der Waals surface area contributed by atoms with Gasteiger partial charge in [0.15, 0.2) is 0 Å². The quantitative estimate of drug-likeness (QED) is 0.361. The highest BCUT2D eigenvalue weighted by molar-refractivity contribution is 9.08. The molecule has 1 aromatic rings. The summed E-state index contributed by atoms with van der Waals surface area (Å²) in [7, 11) is 0. The van der Waals surface area contributed by atoms with Gasteiger partial charge in [-0.25, -0.2) is 4.79 Å². The molecule has 0 amide bonds.